The van der Waals surface area contributed by atoms with E-state index < -0.39 is 0 Å². The third-order valence-corrected chi connectivity index (χ3v) is 4.60. The molecule has 0 N–H and O–H groups in total. The maximum absolute atomic E-state index is 10.5. The predicted octanol–water partition coefficient (Wildman–Crippen LogP) is 3.27. The molecule has 0 aromatic heterocycles. The minimum absolute atomic E-state index is 0.222. The van der Waals surface area contributed by atoms with Gasteiger partial charge >= 0.3 is 0 Å². The summed E-state index contributed by atoms with van der Waals surface area (Å²) >= 11 is 1.94. The fraction of sp³-hybridized carbons (Fsp3) is 0.462. The van der Waals surface area contributed by atoms with Gasteiger partial charge in [-0.05, 0) is 37.3 Å². The van der Waals surface area contributed by atoms with Crippen molar-refractivity contribution in [3.63, 3.8) is 0 Å². The van der Waals surface area contributed by atoms with Crippen LogP contribution in [0.4, 0.5) is 0 Å². The number of hydrogen-bond acceptors (Lipinski definition) is 3. The van der Waals surface area contributed by atoms with Crippen molar-refractivity contribution in [3.05, 3.63) is 29.8 Å². The van der Waals surface area contributed by atoms with E-state index in [0.717, 1.165) is 18.1 Å². The molecule has 0 heterocycles. The lowest BCUT2D eigenvalue weighted by Gasteiger charge is -2.13. The van der Waals surface area contributed by atoms with Gasteiger partial charge < -0.3 is 0 Å². The molecular formula is C13H13NOS. The number of rotatable bonds is 4. The van der Waals surface area contributed by atoms with E-state index in [4.69, 9.17) is 0 Å². The smallest absolute Gasteiger partial charge is 0.211 e. The van der Waals surface area contributed by atoms with Gasteiger partial charge in [-0.2, -0.15) is 4.99 Å². The van der Waals surface area contributed by atoms with Gasteiger partial charge in [-0.3, -0.25) is 0 Å². The van der Waals surface area contributed by atoms with Crippen LogP contribution in [0, 0.1) is 0 Å². The van der Waals surface area contributed by atoms with Gasteiger partial charge in [0.1, 0.15) is 0 Å². The van der Waals surface area contributed by atoms with Gasteiger partial charge in [0.15, 0.2) is 0 Å². The third kappa shape index (κ3) is 1.81. The molecule has 2 nitrogen and oxygen atoms in total. The Kier molecular flexibility index (Phi) is 2.38. The summed E-state index contributed by atoms with van der Waals surface area (Å²) in [7, 11) is 0. The number of thioether (sulfide) groups is 1. The topological polar surface area (TPSA) is 29.4 Å². The molecule has 0 amide bonds. The summed E-state index contributed by atoms with van der Waals surface area (Å²) in [6.45, 7) is 0. The Hall–Kier alpha value is -1.05. The van der Waals surface area contributed by atoms with Gasteiger partial charge in [-0.1, -0.05) is 18.2 Å². The molecule has 2 saturated carbocycles. The minimum Gasteiger partial charge on any atom is -0.211 e. The number of benzene rings is 1. The number of aliphatic imine (C=N–C) groups is 1. The Balaban J connectivity index is 1.95. The normalized spacial score (nSPS) is 21.2. The fourth-order valence-corrected chi connectivity index (χ4v) is 3.24. The van der Waals surface area contributed by atoms with Crippen LogP contribution in [0.15, 0.2) is 34.2 Å². The zero-order chi connectivity index (χ0) is 11.0. The van der Waals surface area contributed by atoms with Crippen molar-refractivity contribution < 1.29 is 4.79 Å². The summed E-state index contributed by atoms with van der Waals surface area (Å²) in [6.07, 6.45) is 6.36. The summed E-state index contributed by atoms with van der Waals surface area (Å²) in [4.78, 5) is 15.8. The van der Waals surface area contributed by atoms with E-state index in [0.29, 0.717) is 0 Å². The Morgan fingerprint density at radius 1 is 1.31 bits per heavy atom. The third-order valence-electron chi connectivity index (χ3n) is 3.19. The van der Waals surface area contributed by atoms with Crippen LogP contribution < -0.4 is 0 Å². The predicted molar refractivity (Wildman–Crippen MR) is 64.4 cm³/mol. The first-order valence-corrected chi connectivity index (χ1v) is 6.57. The molecule has 82 valence electrons. The van der Waals surface area contributed by atoms with E-state index in [1.54, 1.807) is 6.08 Å². The Bertz CT molecular complexity index is 457. The lowest BCUT2D eigenvalue weighted by molar-refractivity contribution is 0.555. The molecule has 2 fully saturated rings. The Labute approximate surface area is 99.2 Å². The summed E-state index contributed by atoms with van der Waals surface area (Å²) in [6, 6.07) is 8.36. The fourth-order valence-electron chi connectivity index (χ4n) is 1.97. The molecule has 16 heavy (non-hydrogen) atoms. The van der Waals surface area contributed by atoms with Gasteiger partial charge in [0.25, 0.3) is 0 Å². The molecule has 1 aromatic carbocycles. The van der Waals surface area contributed by atoms with Crippen molar-refractivity contribution in [2.24, 2.45) is 4.99 Å². The number of nitrogens with zero attached hydrogens (tertiary/aromatic N) is 1. The molecule has 0 spiro atoms. The number of hydrogen-bond donors (Lipinski definition) is 0. The van der Waals surface area contributed by atoms with Gasteiger partial charge in [-0.15, -0.1) is 11.8 Å². The lowest BCUT2D eigenvalue weighted by atomic mass is 10.1. The van der Waals surface area contributed by atoms with Crippen LogP contribution in [0.5, 0.6) is 0 Å². The van der Waals surface area contributed by atoms with Crippen LogP contribution in [-0.2, 0) is 10.3 Å². The van der Waals surface area contributed by atoms with Crippen molar-refractivity contribution >= 4 is 17.8 Å². The molecular weight excluding hydrogens is 218 g/mol. The highest BCUT2D eigenvalue weighted by molar-refractivity contribution is 8.00. The summed E-state index contributed by atoms with van der Waals surface area (Å²) < 4.78 is 0. The molecule has 0 aliphatic heterocycles. The first-order valence-electron chi connectivity index (χ1n) is 5.69. The molecule has 0 atom stereocenters. The van der Waals surface area contributed by atoms with E-state index in [1.807, 2.05) is 17.8 Å². The molecule has 3 rings (SSSR count). The highest BCUT2D eigenvalue weighted by Crippen LogP contribution is 2.53. The second kappa shape index (κ2) is 3.76. The van der Waals surface area contributed by atoms with E-state index in [2.05, 4.69) is 23.2 Å². The molecule has 0 radical (unpaired) electrons. The van der Waals surface area contributed by atoms with Crippen LogP contribution in [-0.4, -0.2) is 11.3 Å². The van der Waals surface area contributed by atoms with Crippen molar-refractivity contribution in [2.45, 2.75) is 41.4 Å². The zero-order valence-corrected chi connectivity index (χ0v) is 9.80. The summed E-state index contributed by atoms with van der Waals surface area (Å²) in [5.74, 6) is 0. The largest absolute Gasteiger partial charge is 0.235 e. The molecule has 0 bridgehead atoms. The van der Waals surface area contributed by atoms with Crippen LogP contribution in [0.25, 0.3) is 0 Å². The second-order valence-corrected chi connectivity index (χ2v) is 5.89. The van der Waals surface area contributed by atoms with Crippen LogP contribution in [0.3, 0.4) is 0 Å². The van der Waals surface area contributed by atoms with Crippen molar-refractivity contribution in [1.29, 1.82) is 0 Å². The molecule has 3 heteroatoms. The average Bonchev–Trinajstić information content (AvgIpc) is 3.16. The summed E-state index contributed by atoms with van der Waals surface area (Å²) in [5, 5.41) is 0.789. The molecule has 2 aliphatic carbocycles. The zero-order valence-electron chi connectivity index (χ0n) is 8.98. The number of carbonyl (C=O) groups excluding carboxylic acids is 1. The van der Waals surface area contributed by atoms with Crippen LogP contribution in [0.1, 0.15) is 31.2 Å². The molecule has 0 unspecified atom stereocenters. The molecule has 2 aliphatic rings. The first kappa shape index (κ1) is 10.1. The van der Waals surface area contributed by atoms with Gasteiger partial charge in [0, 0.05) is 10.1 Å². The maximum atomic E-state index is 10.5. The monoisotopic (exact) mass is 231 g/mol. The van der Waals surface area contributed by atoms with Crippen molar-refractivity contribution in [2.75, 3.05) is 0 Å². The van der Waals surface area contributed by atoms with Crippen LogP contribution in [0.2, 0.25) is 0 Å². The number of isocyanates is 1. The lowest BCUT2D eigenvalue weighted by Crippen LogP contribution is -2.04. The Morgan fingerprint density at radius 3 is 2.69 bits per heavy atom. The quantitative estimate of drug-likeness (QED) is 0.588. The average molecular weight is 231 g/mol. The second-order valence-electron chi connectivity index (χ2n) is 4.55. The van der Waals surface area contributed by atoms with Crippen molar-refractivity contribution in [1.82, 2.24) is 0 Å². The minimum atomic E-state index is -0.222. The molecule has 1 aromatic rings. The standard InChI is InChI=1S/C13H13NOS/c15-9-14-13(7-8-13)11-3-1-2-4-12(11)16-10-5-6-10/h1-4,10H,5-8H2. The highest BCUT2D eigenvalue weighted by atomic mass is 32.2. The summed E-state index contributed by atoms with van der Waals surface area (Å²) in [5.41, 5.74) is 1.01. The SMILES string of the molecule is O=C=NC1(c2ccccc2SC2CC2)CC1. The first-order chi connectivity index (χ1) is 7.84. The molecule has 0 saturated heterocycles. The van der Waals surface area contributed by atoms with E-state index in [1.165, 1.54) is 23.3 Å². The maximum Gasteiger partial charge on any atom is 0.235 e. The van der Waals surface area contributed by atoms with E-state index >= 15 is 0 Å². The van der Waals surface area contributed by atoms with Gasteiger partial charge in [0.05, 0.1) is 5.54 Å². The van der Waals surface area contributed by atoms with Crippen molar-refractivity contribution in [3.8, 4) is 0 Å². The Morgan fingerprint density at radius 2 is 2.06 bits per heavy atom. The van der Waals surface area contributed by atoms with Gasteiger partial charge in [-0.25, -0.2) is 4.79 Å². The van der Waals surface area contributed by atoms with E-state index in [9.17, 15) is 4.79 Å². The van der Waals surface area contributed by atoms with Crippen LogP contribution >= 0.6 is 11.8 Å². The van der Waals surface area contributed by atoms with Gasteiger partial charge in [0.2, 0.25) is 6.08 Å². The van der Waals surface area contributed by atoms with E-state index in [-0.39, 0.29) is 5.54 Å². The highest BCUT2D eigenvalue weighted by Gasteiger charge is 2.46.